The van der Waals surface area contributed by atoms with E-state index >= 15 is 4.39 Å². The number of likely N-dealkylation sites (tertiary alicyclic amines) is 1. The van der Waals surface area contributed by atoms with Crippen LogP contribution in [0.2, 0.25) is 0 Å². The van der Waals surface area contributed by atoms with Gasteiger partial charge in [-0.1, -0.05) is 50.3 Å². The number of nitrogens with zero attached hydrogens (tertiary/aromatic N) is 3. The predicted octanol–water partition coefficient (Wildman–Crippen LogP) is 7.45. The minimum absolute atomic E-state index is 0.0530. The van der Waals surface area contributed by atoms with Crippen molar-refractivity contribution in [1.82, 2.24) is 19.8 Å². The van der Waals surface area contributed by atoms with Crippen LogP contribution in [-0.2, 0) is 22.6 Å². The molecule has 0 bridgehead atoms. The maximum Gasteiger partial charge on any atom is 0.410 e. The number of alkyl halides is 1. The number of hydrogen-bond donors (Lipinski definition) is 1. The highest BCUT2D eigenvalue weighted by Gasteiger charge is 2.39. The summed E-state index contributed by atoms with van der Waals surface area (Å²) in [6.45, 7) is 8.07. The molecule has 1 fully saturated rings. The molecule has 3 atom stereocenters. The molecule has 5 rings (SSSR count). The fourth-order valence-corrected chi connectivity index (χ4v) is 5.79. The maximum absolute atomic E-state index is 15.4. The predicted molar refractivity (Wildman–Crippen MR) is 177 cm³/mol. The number of halogens is 4. The van der Waals surface area contributed by atoms with Crippen LogP contribution in [0.5, 0.6) is 5.75 Å². The third-order valence-corrected chi connectivity index (χ3v) is 8.58. The first-order valence-electron chi connectivity index (χ1n) is 15.9. The fraction of sp³-hybridized carbons (Fsp3) is 0.351. The number of rotatable bonds is 14. The van der Waals surface area contributed by atoms with E-state index in [4.69, 9.17) is 19.2 Å². The van der Waals surface area contributed by atoms with Gasteiger partial charge in [-0.3, -0.25) is 0 Å². The van der Waals surface area contributed by atoms with E-state index in [0.717, 1.165) is 23.8 Å². The minimum Gasteiger partial charge on any atom is -0.467 e. The Hall–Kier alpha value is -4.68. The summed E-state index contributed by atoms with van der Waals surface area (Å²) in [6.07, 6.45) is 1.37. The van der Waals surface area contributed by atoms with E-state index in [-0.39, 0.29) is 56.6 Å². The molecule has 49 heavy (non-hydrogen) atoms. The molecule has 1 N–H and O–H groups in total. The maximum atomic E-state index is 15.4. The van der Waals surface area contributed by atoms with E-state index in [0.29, 0.717) is 11.4 Å². The minimum atomic E-state index is -1.32. The lowest BCUT2D eigenvalue weighted by atomic mass is 9.83. The Kier molecular flexibility index (Phi) is 11.4. The van der Waals surface area contributed by atoms with E-state index in [9.17, 15) is 18.0 Å². The molecule has 0 radical (unpaired) electrons. The van der Waals surface area contributed by atoms with Gasteiger partial charge in [0.15, 0.2) is 6.79 Å². The van der Waals surface area contributed by atoms with Crippen molar-refractivity contribution in [2.24, 2.45) is 11.3 Å². The molecule has 2 heterocycles. The van der Waals surface area contributed by atoms with E-state index in [1.165, 1.54) is 24.1 Å². The normalized spacial score (nSPS) is 16.8. The molecule has 0 aliphatic carbocycles. The molecule has 1 aliphatic rings. The summed E-state index contributed by atoms with van der Waals surface area (Å²) in [6, 6.07) is 15.9. The zero-order valence-electron chi connectivity index (χ0n) is 27.7. The molecular formula is C37H40F4N4O4. The Morgan fingerprint density at radius 3 is 2.57 bits per heavy atom. The molecule has 1 aliphatic heterocycles. The van der Waals surface area contributed by atoms with Gasteiger partial charge in [-0.2, -0.15) is 0 Å². The molecule has 0 saturated carbocycles. The van der Waals surface area contributed by atoms with E-state index < -0.39 is 47.1 Å². The van der Waals surface area contributed by atoms with Gasteiger partial charge < -0.3 is 29.0 Å². The smallest absolute Gasteiger partial charge is 0.410 e. The number of nitrogens with one attached hydrogen (secondary N) is 1. The lowest BCUT2D eigenvalue weighted by Gasteiger charge is -2.33. The molecule has 1 amide bonds. The lowest BCUT2D eigenvalue weighted by Crippen LogP contribution is -2.39. The van der Waals surface area contributed by atoms with Gasteiger partial charge in [0.2, 0.25) is 0 Å². The van der Waals surface area contributed by atoms with Crippen LogP contribution < -0.4 is 10.1 Å². The van der Waals surface area contributed by atoms with Crippen molar-refractivity contribution < 1.29 is 36.6 Å². The van der Waals surface area contributed by atoms with Crippen LogP contribution in [0.3, 0.4) is 0 Å². The third kappa shape index (κ3) is 8.87. The number of carbonyl (C=O) groups excluding carboxylic acids is 1. The molecule has 0 spiro atoms. The van der Waals surface area contributed by atoms with Crippen LogP contribution in [0.1, 0.15) is 36.8 Å². The highest BCUT2D eigenvalue weighted by Crippen LogP contribution is 2.37. The Balaban J connectivity index is 1.42. The second kappa shape index (κ2) is 15.7. The number of benzene rings is 3. The van der Waals surface area contributed by atoms with Crippen molar-refractivity contribution in [1.29, 1.82) is 0 Å². The summed E-state index contributed by atoms with van der Waals surface area (Å²) in [5.41, 5.74) is 0.735. The number of methoxy groups -OCH3 is 1. The quantitative estimate of drug-likeness (QED) is 0.0848. The highest BCUT2D eigenvalue weighted by atomic mass is 19.1. The summed E-state index contributed by atoms with van der Waals surface area (Å²) >= 11 is 0. The molecule has 1 aromatic heterocycles. The van der Waals surface area contributed by atoms with Crippen LogP contribution in [0.15, 0.2) is 85.6 Å². The first-order valence-corrected chi connectivity index (χ1v) is 15.9. The van der Waals surface area contributed by atoms with Crippen molar-refractivity contribution in [3.8, 4) is 17.0 Å². The van der Waals surface area contributed by atoms with Crippen molar-refractivity contribution in [3.05, 3.63) is 120 Å². The van der Waals surface area contributed by atoms with Crippen LogP contribution in [-0.4, -0.2) is 60.3 Å². The molecule has 3 aromatic carbocycles. The zero-order valence-corrected chi connectivity index (χ0v) is 27.7. The molecular weight excluding hydrogens is 640 g/mol. The van der Waals surface area contributed by atoms with Crippen LogP contribution in [0.4, 0.5) is 22.4 Å². The van der Waals surface area contributed by atoms with Gasteiger partial charge in [0.1, 0.15) is 41.8 Å². The van der Waals surface area contributed by atoms with Gasteiger partial charge >= 0.3 is 6.09 Å². The van der Waals surface area contributed by atoms with Crippen LogP contribution >= 0.6 is 0 Å². The van der Waals surface area contributed by atoms with Gasteiger partial charge in [0, 0.05) is 55.9 Å². The van der Waals surface area contributed by atoms with Gasteiger partial charge in [-0.25, -0.2) is 27.3 Å². The molecule has 4 aromatic rings. The summed E-state index contributed by atoms with van der Waals surface area (Å²) in [4.78, 5) is 18.9. The second-order valence-corrected chi connectivity index (χ2v) is 12.7. The largest absolute Gasteiger partial charge is 0.467 e. The van der Waals surface area contributed by atoms with Crippen LogP contribution in [0, 0.1) is 28.8 Å². The van der Waals surface area contributed by atoms with Crippen molar-refractivity contribution in [3.63, 3.8) is 0 Å². The monoisotopic (exact) mass is 680 g/mol. The first-order chi connectivity index (χ1) is 23.5. The van der Waals surface area contributed by atoms with E-state index in [1.807, 2.05) is 44.2 Å². The molecule has 3 unspecified atom stereocenters. The van der Waals surface area contributed by atoms with Crippen LogP contribution in [0.25, 0.3) is 11.3 Å². The summed E-state index contributed by atoms with van der Waals surface area (Å²) in [7, 11) is 1.45. The Labute approximate surface area is 283 Å². The third-order valence-electron chi connectivity index (χ3n) is 8.58. The van der Waals surface area contributed by atoms with Crippen molar-refractivity contribution >= 4 is 6.09 Å². The number of carbonyl (C=O) groups is 1. The fourth-order valence-electron chi connectivity index (χ4n) is 5.79. The number of hydrogen-bond acceptors (Lipinski definition) is 6. The standard InChI is InChI=1S/C37H40F4N4O4/c1-5-37(2,3)34(42-17-26-19-45(20-32(26)41)36(46)48-22-24-9-7-6-8-10-24)35-43-33(30-16-27(38)11-12-31(30)40)21-44(35)18-25-13-28(39)15-29(14-25)49-23-47-4/h5-16,21,26,32,34,42H,1,17-20,22-23H2,2-4H3. The Morgan fingerprint density at radius 2 is 1.84 bits per heavy atom. The average molecular weight is 681 g/mol. The number of aromatic nitrogens is 2. The molecule has 12 heteroatoms. The number of amides is 1. The average Bonchev–Trinajstić information content (AvgIpc) is 3.66. The molecule has 260 valence electrons. The van der Waals surface area contributed by atoms with Gasteiger partial charge in [-0.05, 0) is 41.5 Å². The van der Waals surface area contributed by atoms with E-state index in [1.54, 1.807) is 22.9 Å². The highest BCUT2D eigenvalue weighted by molar-refractivity contribution is 5.68. The van der Waals surface area contributed by atoms with Crippen molar-refractivity contribution in [2.45, 2.75) is 39.2 Å². The Morgan fingerprint density at radius 1 is 1.06 bits per heavy atom. The number of ether oxygens (including phenoxy) is 3. The summed E-state index contributed by atoms with van der Waals surface area (Å²) in [5.74, 6) is -1.76. The first kappa shape index (κ1) is 35.6. The summed E-state index contributed by atoms with van der Waals surface area (Å²) in [5, 5.41) is 3.43. The topological polar surface area (TPSA) is 77.9 Å². The second-order valence-electron chi connectivity index (χ2n) is 12.7. The van der Waals surface area contributed by atoms with Gasteiger partial charge in [0.05, 0.1) is 18.3 Å². The van der Waals surface area contributed by atoms with Crippen molar-refractivity contribution in [2.75, 3.05) is 33.5 Å². The van der Waals surface area contributed by atoms with Gasteiger partial charge in [-0.15, -0.1) is 6.58 Å². The molecule has 1 saturated heterocycles. The Bertz CT molecular complexity index is 1750. The summed E-state index contributed by atoms with van der Waals surface area (Å²) < 4.78 is 76.8. The zero-order chi connectivity index (χ0) is 35.1. The van der Waals surface area contributed by atoms with E-state index in [2.05, 4.69) is 11.9 Å². The molecule has 8 nitrogen and oxygen atoms in total. The van der Waals surface area contributed by atoms with Gasteiger partial charge in [0.25, 0.3) is 0 Å². The lowest BCUT2D eigenvalue weighted by molar-refractivity contribution is 0.0508. The number of imidazole rings is 1. The SMILES string of the molecule is C=CC(C)(C)C(NCC1CN(C(=O)OCc2ccccc2)CC1F)c1nc(-c2cc(F)ccc2F)cn1Cc1cc(F)cc(OCOC)c1.